The van der Waals surface area contributed by atoms with E-state index in [9.17, 15) is 8.42 Å². The van der Waals surface area contributed by atoms with E-state index in [1.54, 1.807) is 19.3 Å². The van der Waals surface area contributed by atoms with E-state index in [-0.39, 0.29) is 4.90 Å². The average molecular weight is 390 g/mol. The molecule has 0 saturated carbocycles. The zero-order valence-corrected chi connectivity index (χ0v) is 14.7. The Morgan fingerprint density at radius 2 is 2.19 bits per heavy atom. The molecule has 0 bridgehead atoms. The Bertz CT molecular complexity index is 701. The third kappa shape index (κ3) is 3.89. The first-order valence-corrected chi connectivity index (χ1v) is 9.34. The lowest BCUT2D eigenvalue weighted by molar-refractivity contribution is 0.471. The van der Waals surface area contributed by atoms with Crippen LogP contribution in [0.4, 0.5) is 0 Å². The first kappa shape index (κ1) is 16.6. The zero-order valence-electron chi connectivity index (χ0n) is 11.5. The van der Waals surface area contributed by atoms with E-state index < -0.39 is 10.0 Å². The second kappa shape index (κ2) is 6.97. The van der Waals surface area contributed by atoms with Crippen molar-refractivity contribution >= 4 is 37.3 Å². The Morgan fingerprint density at radius 1 is 1.43 bits per heavy atom. The van der Waals surface area contributed by atoms with Crippen LogP contribution in [0, 0.1) is 0 Å². The molecule has 2 heterocycles. The molecule has 0 fully saturated rings. The van der Waals surface area contributed by atoms with Gasteiger partial charge in [0.25, 0.3) is 0 Å². The van der Waals surface area contributed by atoms with Crippen LogP contribution >= 0.6 is 27.3 Å². The van der Waals surface area contributed by atoms with Gasteiger partial charge in [-0.1, -0.05) is 6.07 Å². The van der Waals surface area contributed by atoms with Crippen LogP contribution in [0.5, 0.6) is 0 Å². The smallest absolute Gasteiger partial charge is 0.244 e. The number of likely N-dealkylation sites (N-methyl/N-ethyl adjacent to an activating group) is 1. The Hall–Kier alpha value is -0.800. The zero-order chi connectivity index (χ0) is 15.5. The molecule has 0 aliphatic heterocycles. The highest BCUT2D eigenvalue weighted by Gasteiger charge is 2.25. The summed E-state index contributed by atoms with van der Waals surface area (Å²) < 4.78 is 27.0. The van der Waals surface area contributed by atoms with Crippen molar-refractivity contribution in [1.82, 2.24) is 9.29 Å². The minimum Gasteiger partial charge on any atom is -0.326 e. The molecule has 0 unspecified atom stereocenters. The molecule has 0 atom stereocenters. The molecule has 2 aromatic heterocycles. The van der Waals surface area contributed by atoms with Crippen molar-refractivity contribution in [2.45, 2.75) is 17.9 Å². The summed E-state index contributed by atoms with van der Waals surface area (Å²) in [6.07, 6.45) is 2.27. The lowest BCUT2D eigenvalue weighted by Crippen LogP contribution is -2.29. The first-order valence-electron chi connectivity index (χ1n) is 6.29. The van der Waals surface area contributed by atoms with Crippen molar-refractivity contribution in [1.29, 1.82) is 0 Å². The first-order chi connectivity index (χ1) is 9.95. The molecule has 2 rings (SSSR count). The fourth-order valence-corrected chi connectivity index (χ4v) is 5.46. The van der Waals surface area contributed by atoms with E-state index in [1.165, 1.54) is 15.6 Å². The van der Waals surface area contributed by atoms with Gasteiger partial charge in [-0.3, -0.25) is 4.98 Å². The molecule has 0 aliphatic rings. The topological polar surface area (TPSA) is 76.3 Å². The summed E-state index contributed by atoms with van der Waals surface area (Å²) >= 11 is 4.65. The van der Waals surface area contributed by atoms with Gasteiger partial charge in [-0.05, 0) is 34.1 Å². The van der Waals surface area contributed by atoms with Crippen LogP contribution in [-0.4, -0.2) is 31.3 Å². The molecule has 5 nitrogen and oxygen atoms in total. The third-order valence-corrected chi connectivity index (χ3v) is 7.14. The van der Waals surface area contributed by atoms with Crippen LogP contribution in [0.1, 0.15) is 10.6 Å². The Kier molecular flexibility index (Phi) is 5.50. The molecular formula is C13H16BrN3O2S2. The van der Waals surface area contributed by atoms with E-state index in [2.05, 4.69) is 20.9 Å². The van der Waals surface area contributed by atoms with Gasteiger partial charge in [0.2, 0.25) is 10.0 Å². The second-order valence-electron chi connectivity index (χ2n) is 4.45. The fourth-order valence-electron chi connectivity index (χ4n) is 1.78. The number of nitrogens with two attached hydrogens (primary N) is 1. The predicted molar refractivity (Wildman–Crippen MR) is 87.7 cm³/mol. The molecule has 114 valence electrons. The fraction of sp³-hybridized carbons (Fsp3) is 0.308. The summed E-state index contributed by atoms with van der Waals surface area (Å²) in [6.45, 7) is 0.704. The molecule has 0 saturated heterocycles. The van der Waals surface area contributed by atoms with Crippen LogP contribution < -0.4 is 5.73 Å². The monoisotopic (exact) mass is 389 g/mol. The molecule has 2 aromatic rings. The number of sulfonamides is 1. The number of halogens is 1. The lowest BCUT2D eigenvalue weighted by atomic mass is 10.3. The minimum absolute atomic E-state index is 0.275. The van der Waals surface area contributed by atoms with Gasteiger partial charge in [-0.2, -0.15) is 0 Å². The quantitative estimate of drug-likeness (QED) is 0.821. The van der Waals surface area contributed by atoms with E-state index in [0.29, 0.717) is 23.3 Å². The lowest BCUT2D eigenvalue weighted by Gasteiger charge is -2.16. The highest BCUT2D eigenvalue weighted by molar-refractivity contribution is 9.11. The summed E-state index contributed by atoms with van der Waals surface area (Å²) in [4.78, 5) is 5.30. The molecule has 21 heavy (non-hydrogen) atoms. The van der Waals surface area contributed by atoms with E-state index in [1.807, 2.05) is 18.2 Å². The van der Waals surface area contributed by atoms with E-state index in [4.69, 9.17) is 5.73 Å². The van der Waals surface area contributed by atoms with Crippen molar-refractivity contribution in [2.24, 2.45) is 5.73 Å². The van der Waals surface area contributed by atoms with Crippen molar-refractivity contribution in [3.8, 4) is 0 Å². The summed E-state index contributed by atoms with van der Waals surface area (Å²) in [5.41, 5.74) is 6.43. The number of hydrogen-bond acceptors (Lipinski definition) is 5. The van der Waals surface area contributed by atoms with Gasteiger partial charge >= 0.3 is 0 Å². The second-order valence-corrected chi connectivity index (χ2v) is 8.92. The summed E-state index contributed by atoms with van der Waals surface area (Å²) in [5.74, 6) is 0. The molecule has 8 heteroatoms. The molecule has 0 aromatic carbocycles. The molecule has 2 N–H and O–H groups in total. The van der Waals surface area contributed by atoms with Gasteiger partial charge in [0.1, 0.15) is 4.90 Å². The summed E-state index contributed by atoms with van der Waals surface area (Å²) in [7, 11) is -1.94. The number of pyridine rings is 1. The normalized spacial score (nSPS) is 12.0. The van der Waals surface area contributed by atoms with Crippen LogP contribution in [0.3, 0.4) is 0 Å². The van der Waals surface area contributed by atoms with Crippen LogP contribution in [0.2, 0.25) is 0 Å². The predicted octanol–water partition coefficient (Wildman–Crippen LogP) is 2.23. The SMILES string of the molecule is CN(CCc1ccccn1)S(=O)(=O)c1cc(CN)sc1Br. The number of hydrogen-bond donors (Lipinski definition) is 1. The van der Waals surface area contributed by atoms with Gasteiger partial charge < -0.3 is 5.73 Å². The maximum atomic E-state index is 12.5. The third-order valence-electron chi connectivity index (χ3n) is 3.00. The van der Waals surface area contributed by atoms with Gasteiger partial charge in [0.15, 0.2) is 0 Å². The number of nitrogens with zero attached hydrogens (tertiary/aromatic N) is 2. The van der Waals surface area contributed by atoms with Gasteiger partial charge in [-0.25, -0.2) is 12.7 Å². The van der Waals surface area contributed by atoms with Crippen molar-refractivity contribution in [3.63, 3.8) is 0 Å². The van der Waals surface area contributed by atoms with Crippen LogP contribution in [0.15, 0.2) is 39.1 Å². The maximum absolute atomic E-state index is 12.5. The summed E-state index contributed by atoms with van der Waals surface area (Å²) in [5, 5.41) is 0. The number of rotatable bonds is 6. The van der Waals surface area contributed by atoms with Gasteiger partial charge in [0, 0.05) is 43.3 Å². The Balaban J connectivity index is 2.13. The molecule has 0 spiro atoms. The van der Waals surface area contributed by atoms with E-state index in [0.717, 1.165) is 10.6 Å². The Morgan fingerprint density at radius 3 is 2.76 bits per heavy atom. The highest BCUT2D eigenvalue weighted by Crippen LogP contribution is 2.33. The number of aromatic nitrogens is 1. The number of thiophene rings is 1. The van der Waals surface area contributed by atoms with Crippen molar-refractivity contribution in [3.05, 3.63) is 44.8 Å². The van der Waals surface area contributed by atoms with Gasteiger partial charge in [0.05, 0.1) is 3.79 Å². The highest BCUT2D eigenvalue weighted by atomic mass is 79.9. The van der Waals surface area contributed by atoms with Gasteiger partial charge in [-0.15, -0.1) is 11.3 Å². The standard InChI is InChI=1S/C13H16BrN3O2S2/c1-17(7-5-10-4-2-3-6-16-10)21(18,19)12-8-11(9-15)20-13(12)14/h2-4,6,8H,5,7,9,15H2,1H3. The van der Waals surface area contributed by atoms with E-state index >= 15 is 0 Å². The van der Waals surface area contributed by atoms with Crippen molar-refractivity contribution in [2.75, 3.05) is 13.6 Å². The largest absolute Gasteiger partial charge is 0.326 e. The molecule has 0 radical (unpaired) electrons. The van der Waals surface area contributed by atoms with Crippen molar-refractivity contribution < 1.29 is 8.42 Å². The maximum Gasteiger partial charge on any atom is 0.244 e. The Labute approximate surface area is 137 Å². The molecule has 0 amide bonds. The van der Waals surface area contributed by atoms with Crippen LogP contribution in [0.25, 0.3) is 0 Å². The summed E-state index contributed by atoms with van der Waals surface area (Å²) in [6, 6.07) is 7.23. The molecule has 0 aliphatic carbocycles. The minimum atomic E-state index is -3.52. The average Bonchev–Trinajstić information content (AvgIpc) is 2.87. The van der Waals surface area contributed by atoms with Crippen LogP contribution in [-0.2, 0) is 23.0 Å². The molecular weight excluding hydrogens is 374 g/mol.